The zero-order valence-corrected chi connectivity index (χ0v) is 14.2. The molecule has 5 heteroatoms. The molecular formula is C18H25N3O2. The van der Waals surface area contributed by atoms with E-state index in [0.29, 0.717) is 0 Å². The first kappa shape index (κ1) is 17.2. The first-order chi connectivity index (χ1) is 10.9. The maximum atomic E-state index is 12.0. The lowest BCUT2D eigenvalue weighted by molar-refractivity contribution is -0.124. The SMILES string of the molecule is Cc1nccn1-c1ccc(C(C)NC(=O)CC(O)C(C)C)cc1. The Morgan fingerprint density at radius 2 is 1.91 bits per heavy atom. The topological polar surface area (TPSA) is 67.2 Å². The molecule has 0 radical (unpaired) electrons. The standard InChI is InChI=1S/C18H25N3O2/c1-12(2)17(22)11-18(23)20-13(3)15-5-7-16(8-6-15)21-10-9-19-14(21)4/h5-10,12-13,17,22H,11H2,1-4H3,(H,20,23). The Kier molecular flexibility index (Phi) is 5.55. The number of hydrogen-bond donors (Lipinski definition) is 2. The summed E-state index contributed by atoms with van der Waals surface area (Å²) in [5, 5.41) is 12.7. The molecular weight excluding hydrogens is 290 g/mol. The van der Waals surface area contributed by atoms with Crippen LogP contribution in [0.3, 0.4) is 0 Å². The van der Waals surface area contributed by atoms with E-state index in [1.807, 2.05) is 62.7 Å². The lowest BCUT2D eigenvalue weighted by Gasteiger charge is -2.18. The molecule has 0 aliphatic carbocycles. The number of amides is 1. The third-order valence-electron chi connectivity index (χ3n) is 4.04. The van der Waals surface area contributed by atoms with Crippen molar-refractivity contribution in [2.75, 3.05) is 0 Å². The molecule has 1 aromatic carbocycles. The minimum atomic E-state index is -0.603. The van der Waals surface area contributed by atoms with E-state index >= 15 is 0 Å². The molecule has 2 N–H and O–H groups in total. The monoisotopic (exact) mass is 315 g/mol. The molecule has 1 heterocycles. The molecule has 23 heavy (non-hydrogen) atoms. The van der Waals surface area contributed by atoms with E-state index in [1.165, 1.54) is 0 Å². The van der Waals surface area contributed by atoms with Crippen LogP contribution in [-0.2, 0) is 4.79 Å². The third kappa shape index (κ3) is 4.42. The normalized spacial score (nSPS) is 13.8. The lowest BCUT2D eigenvalue weighted by atomic mass is 10.0. The fourth-order valence-corrected chi connectivity index (χ4v) is 2.38. The highest BCUT2D eigenvalue weighted by Crippen LogP contribution is 2.17. The largest absolute Gasteiger partial charge is 0.392 e. The van der Waals surface area contributed by atoms with Crippen molar-refractivity contribution in [3.63, 3.8) is 0 Å². The number of carbonyl (C=O) groups excluding carboxylic acids is 1. The quantitative estimate of drug-likeness (QED) is 0.861. The van der Waals surface area contributed by atoms with Crippen molar-refractivity contribution in [1.29, 1.82) is 0 Å². The number of hydrogen-bond acceptors (Lipinski definition) is 3. The highest BCUT2D eigenvalue weighted by Gasteiger charge is 2.16. The fourth-order valence-electron chi connectivity index (χ4n) is 2.38. The van der Waals surface area contributed by atoms with E-state index in [2.05, 4.69) is 10.3 Å². The van der Waals surface area contributed by atoms with Gasteiger partial charge < -0.3 is 15.0 Å². The van der Waals surface area contributed by atoms with Gasteiger partial charge in [0, 0.05) is 18.1 Å². The summed E-state index contributed by atoms with van der Waals surface area (Å²) in [6.07, 6.45) is 3.22. The Balaban J connectivity index is 1.99. The summed E-state index contributed by atoms with van der Waals surface area (Å²) in [5.74, 6) is 0.878. The van der Waals surface area contributed by atoms with Crippen LogP contribution in [0, 0.1) is 12.8 Å². The van der Waals surface area contributed by atoms with E-state index in [9.17, 15) is 9.90 Å². The molecule has 2 unspecified atom stereocenters. The molecule has 0 spiro atoms. The van der Waals surface area contributed by atoms with Gasteiger partial charge in [-0.1, -0.05) is 26.0 Å². The molecule has 124 valence electrons. The summed E-state index contributed by atoms with van der Waals surface area (Å²) in [5.41, 5.74) is 2.07. The summed E-state index contributed by atoms with van der Waals surface area (Å²) in [7, 11) is 0. The number of aliphatic hydroxyl groups is 1. The Morgan fingerprint density at radius 1 is 1.26 bits per heavy atom. The first-order valence-electron chi connectivity index (χ1n) is 7.96. The maximum Gasteiger partial charge on any atom is 0.223 e. The van der Waals surface area contributed by atoms with Crippen molar-refractivity contribution >= 4 is 5.91 Å². The summed E-state index contributed by atoms with van der Waals surface area (Å²) in [4.78, 5) is 16.2. The number of imidazole rings is 1. The number of aliphatic hydroxyl groups excluding tert-OH is 1. The van der Waals surface area contributed by atoms with Crippen molar-refractivity contribution in [2.45, 2.75) is 46.3 Å². The second kappa shape index (κ2) is 7.42. The predicted molar refractivity (Wildman–Crippen MR) is 90.3 cm³/mol. The summed E-state index contributed by atoms with van der Waals surface area (Å²) < 4.78 is 2.01. The smallest absolute Gasteiger partial charge is 0.223 e. The van der Waals surface area contributed by atoms with Crippen LogP contribution in [-0.4, -0.2) is 26.7 Å². The number of aromatic nitrogens is 2. The zero-order valence-electron chi connectivity index (χ0n) is 14.2. The van der Waals surface area contributed by atoms with Gasteiger partial charge in [0.15, 0.2) is 0 Å². The molecule has 2 aromatic rings. The average Bonchev–Trinajstić information content (AvgIpc) is 2.93. The number of rotatable bonds is 6. The van der Waals surface area contributed by atoms with Gasteiger partial charge in [0.2, 0.25) is 5.91 Å². The van der Waals surface area contributed by atoms with E-state index in [1.54, 1.807) is 6.20 Å². The summed E-state index contributed by atoms with van der Waals surface area (Å²) in [6.45, 7) is 7.70. The number of aryl methyl sites for hydroxylation is 1. The minimum absolute atomic E-state index is 0.0776. The highest BCUT2D eigenvalue weighted by atomic mass is 16.3. The number of benzene rings is 1. The Hall–Kier alpha value is -2.14. The van der Waals surface area contributed by atoms with Gasteiger partial charge in [0.05, 0.1) is 18.6 Å². The molecule has 1 amide bonds. The van der Waals surface area contributed by atoms with Crippen molar-refractivity contribution in [1.82, 2.24) is 14.9 Å². The average molecular weight is 315 g/mol. The molecule has 0 bridgehead atoms. The number of nitrogens with zero attached hydrogens (tertiary/aromatic N) is 2. The third-order valence-corrected chi connectivity index (χ3v) is 4.04. The zero-order chi connectivity index (χ0) is 17.0. The van der Waals surface area contributed by atoms with Gasteiger partial charge in [-0.3, -0.25) is 4.79 Å². The molecule has 0 fully saturated rings. The van der Waals surface area contributed by atoms with E-state index < -0.39 is 6.10 Å². The van der Waals surface area contributed by atoms with E-state index in [0.717, 1.165) is 17.1 Å². The fraction of sp³-hybridized carbons (Fsp3) is 0.444. The number of carbonyl (C=O) groups is 1. The van der Waals surface area contributed by atoms with Gasteiger partial charge in [0.1, 0.15) is 5.82 Å². The second-order valence-electron chi connectivity index (χ2n) is 6.24. The first-order valence-corrected chi connectivity index (χ1v) is 7.96. The van der Waals surface area contributed by atoms with Crippen LogP contribution < -0.4 is 5.32 Å². The minimum Gasteiger partial charge on any atom is -0.392 e. The predicted octanol–water partition coefficient (Wildman–Crippen LogP) is 2.76. The highest BCUT2D eigenvalue weighted by molar-refractivity contribution is 5.76. The maximum absolute atomic E-state index is 12.0. The Morgan fingerprint density at radius 3 is 2.43 bits per heavy atom. The van der Waals surface area contributed by atoms with Crippen LogP contribution in [0.1, 0.15) is 44.6 Å². The molecule has 0 aliphatic rings. The van der Waals surface area contributed by atoms with Crippen LogP contribution in [0.5, 0.6) is 0 Å². The van der Waals surface area contributed by atoms with Crippen LogP contribution in [0.4, 0.5) is 0 Å². The molecule has 1 aromatic heterocycles. The van der Waals surface area contributed by atoms with Crippen LogP contribution in [0.25, 0.3) is 5.69 Å². The van der Waals surface area contributed by atoms with E-state index in [4.69, 9.17) is 0 Å². The van der Waals surface area contributed by atoms with Crippen molar-refractivity contribution in [2.24, 2.45) is 5.92 Å². The molecule has 0 saturated carbocycles. The van der Waals surface area contributed by atoms with Gasteiger partial charge in [-0.2, -0.15) is 0 Å². The van der Waals surface area contributed by atoms with Crippen LogP contribution in [0.2, 0.25) is 0 Å². The molecule has 5 nitrogen and oxygen atoms in total. The summed E-state index contributed by atoms with van der Waals surface area (Å²) >= 11 is 0. The molecule has 0 saturated heterocycles. The molecule has 2 atom stereocenters. The Bertz CT molecular complexity index is 647. The summed E-state index contributed by atoms with van der Waals surface area (Å²) in [6, 6.07) is 7.92. The Labute approximate surface area is 137 Å². The van der Waals surface area contributed by atoms with Gasteiger partial charge in [-0.15, -0.1) is 0 Å². The van der Waals surface area contributed by atoms with Gasteiger partial charge in [-0.05, 0) is 37.5 Å². The van der Waals surface area contributed by atoms with Crippen molar-refractivity contribution in [3.05, 3.63) is 48.0 Å². The molecule has 0 aliphatic heterocycles. The lowest BCUT2D eigenvalue weighted by Crippen LogP contribution is -2.31. The molecule has 2 rings (SSSR count). The van der Waals surface area contributed by atoms with Gasteiger partial charge in [0.25, 0.3) is 0 Å². The van der Waals surface area contributed by atoms with Gasteiger partial charge in [-0.25, -0.2) is 4.98 Å². The number of nitrogens with one attached hydrogen (secondary N) is 1. The van der Waals surface area contributed by atoms with Gasteiger partial charge >= 0.3 is 0 Å². The van der Waals surface area contributed by atoms with Crippen LogP contribution >= 0.6 is 0 Å². The van der Waals surface area contributed by atoms with Crippen LogP contribution in [0.15, 0.2) is 36.7 Å². The van der Waals surface area contributed by atoms with E-state index in [-0.39, 0.29) is 24.3 Å². The second-order valence-corrected chi connectivity index (χ2v) is 6.24. The van der Waals surface area contributed by atoms with Crippen molar-refractivity contribution < 1.29 is 9.90 Å². The van der Waals surface area contributed by atoms with Crippen molar-refractivity contribution in [3.8, 4) is 5.69 Å².